The minimum atomic E-state index is -0.356. The van der Waals surface area contributed by atoms with E-state index >= 15 is 0 Å². The predicted molar refractivity (Wildman–Crippen MR) is 77.7 cm³/mol. The van der Waals surface area contributed by atoms with Crippen LogP contribution in [0.25, 0.3) is 0 Å². The van der Waals surface area contributed by atoms with Crippen molar-refractivity contribution in [2.75, 3.05) is 40.0 Å². The molecule has 1 atom stereocenters. The fourth-order valence-corrected chi connectivity index (χ4v) is 2.72. The molecule has 1 N–H and O–H groups in total. The minimum Gasteiger partial charge on any atom is -0.383 e. The van der Waals surface area contributed by atoms with E-state index < -0.39 is 0 Å². The molecule has 1 aromatic rings. The number of hydrogen-bond donors (Lipinski definition) is 1. The van der Waals surface area contributed by atoms with Gasteiger partial charge in [-0.1, -0.05) is 17.7 Å². The van der Waals surface area contributed by atoms with Crippen molar-refractivity contribution in [1.82, 2.24) is 5.32 Å². The Morgan fingerprint density at radius 1 is 1.50 bits per heavy atom. The molecule has 1 aromatic carbocycles. The van der Waals surface area contributed by atoms with Gasteiger partial charge in [0.05, 0.1) is 18.2 Å². The van der Waals surface area contributed by atoms with Crippen LogP contribution in [-0.2, 0) is 15.9 Å². The Labute approximate surface area is 124 Å². The van der Waals surface area contributed by atoms with Gasteiger partial charge in [0.25, 0.3) is 0 Å². The first-order valence-corrected chi connectivity index (χ1v) is 7.24. The van der Waals surface area contributed by atoms with Gasteiger partial charge in [-0.2, -0.15) is 0 Å². The van der Waals surface area contributed by atoms with Crippen molar-refractivity contribution in [2.24, 2.45) is 5.41 Å². The second-order valence-corrected chi connectivity index (χ2v) is 5.80. The van der Waals surface area contributed by atoms with Crippen LogP contribution in [0.15, 0.2) is 18.2 Å². The molecule has 0 radical (unpaired) electrons. The van der Waals surface area contributed by atoms with Gasteiger partial charge in [-0.15, -0.1) is 0 Å². The standard InChI is InChI=1S/C15H21ClFNO2/c1-19-7-5-18-10-15(4-6-20-11-15)9-12-2-3-13(16)14(17)8-12/h2-3,8,18H,4-7,9-11H2,1H3. The lowest BCUT2D eigenvalue weighted by molar-refractivity contribution is 0.145. The van der Waals surface area contributed by atoms with Crippen molar-refractivity contribution in [1.29, 1.82) is 0 Å². The topological polar surface area (TPSA) is 30.5 Å². The molecule has 5 heteroatoms. The van der Waals surface area contributed by atoms with Gasteiger partial charge in [0.1, 0.15) is 5.82 Å². The monoisotopic (exact) mass is 301 g/mol. The van der Waals surface area contributed by atoms with Crippen LogP contribution in [0, 0.1) is 11.2 Å². The van der Waals surface area contributed by atoms with Crippen molar-refractivity contribution < 1.29 is 13.9 Å². The number of methoxy groups -OCH3 is 1. The third kappa shape index (κ3) is 4.16. The lowest BCUT2D eigenvalue weighted by Crippen LogP contribution is -2.38. The van der Waals surface area contributed by atoms with Gasteiger partial charge in [-0.3, -0.25) is 0 Å². The molecular formula is C15H21ClFNO2. The Balaban J connectivity index is 1.99. The van der Waals surface area contributed by atoms with Crippen molar-refractivity contribution >= 4 is 11.6 Å². The SMILES string of the molecule is COCCNCC1(Cc2ccc(Cl)c(F)c2)CCOC1. The highest BCUT2D eigenvalue weighted by atomic mass is 35.5. The van der Waals surface area contributed by atoms with E-state index in [4.69, 9.17) is 21.1 Å². The van der Waals surface area contributed by atoms with E-state index in [0.29, 0.717) is 13.2 Å². The molecule has 0 aliphatic carbocycles. The van der Waals surface area contributed by atoms with Crippen LogP contribution in [-0.4, -0.2) is 40.0 Å². The molecule has 3 nitrogen and oxygen atoms in total. The highest BCUT2D eigenvalue weighted by molar-refractivity contribution is 6.30. The third-order valence-corrected chi connectivity index (χ3v) is 4.04. The number of nitrogens with one attached hydrogen (secondary N) is 1. The highest BCUT2D eigenvalue weighted by Gasteiger charge is 2.34. The first-order chi connectivity index (χ1) is 9.65. The first-order valence-electron chi connectivity index (χ1n) is 6.87. The van der Waals surface area contributed by atoms with E-state index in [-0.39, 0.29) is 16.3 Å². The maximum absolute atomic E-state index is 13.5. The molecule has 112 valence electrons. The molecule has 1 unspecified atom stereocenters. The van der Waals surface area contributed by atoms with Gasteiger partial charge < -0.3 is 14.8 Å². The molecule has 1 aliphatic rings. The number of benzene rings is 1. The lowest BCUT2D eigenvalue weighted by atomic mass is 9.81. The lowest BCUT2D eigenvalue weighted by Gasteiger charge is -2.28. The van der Waals surface area contributed by atoms with Gasteiger partial charge in [-0.25, -0.2) is 4.39 Å². The summed E-state index contributed by atoms with van der Waals surface area (Å²) in [6, 6.07) is 5.03. The van der Waals surface area contributed by atoms with Gasteiger partial charge in [0, 0.05) is 32.2 Å². The molecule has 0 spiro atoms. The van der Waals surface area contributed by atoms with E-state index in [9.17, 15) is 4.39 Å². The number of ether oxygens (including phenoxy) is 2. The molecule has 0 saturated carbocycles. The molecule has 1 aliphatic heterocycles. The van der Waals surface area contributed by atoms with E-state index in [1.807, 2.05) is 6.07 Å². The summed E-state index contributed by atoms with van der Waals surface area (Å²) in [5.74, 6) is -0.356. The van der Waals surface area contributed by atoms with Crippen molar-refractivity contribution in [3.05, 3.63) is 34.6 Å². The average Bonchev–Trinajstić information content (AvgIpc) is 2.88. The van der Waals surface area contributed by atoms with Crippen LogP contribution in [0.3, 0.4) is 0 Å². The summed E-state index contributed by atoms with van der Waals surface area (Å²) >= 11 is 5.72. The molecular weight excluding hydrogens is 281 g/mol. The Morgan fingerprint density at radius 2 is 2.35 bits per heavy atom. The smallest absolute Gasteiger partial charge is 0.142 e. The summed E-state index contributed by atoms with van der Waals surface area (Å²) < 4.78 is 24.1. The van der Waals surface area contributed by atoms with E-state index in [1.54, 1.807) is 13.2 Å². The fraction of sp³-hybridized carbons (Fsp3) is 0.600. The van der Waals surface area contributed by atoms with Crippen LogP contribution < -0.4 is 5.32 Å². The first kappa shape index (κ1) is 15.7. The van der Waals surface area contributed by atoms with Crippen LogP contribution in [0.4, 0.5) is 4.39 Å². The van der Waals surface area contributed by atoms with Gasteiger partial charge in [0.2, 0.25) is 0 Å². The zero-order valence-electron chi connectivity index (χ0n) is 11.8. The molecule has 2 rings (SSSR count). The van der Waals surface area contributed by atoms with Crippen molar-refractivity contribution in [3.8, 4) is 0 Å². The van der Waals surface area contributed by atoms with Crippen LogP contribution >= 0.6 is 11.6 Å². The fourth-order valence-electron chi connectivity index (χ4n) is 2.60. The Morgan fingerprint density at radius 3 is 3.00 bits per heavy atom. The highest BCUT2D eigenvalue weighted by Crippen LogP contribution is 2.32. The largest absolute Gasteiger partial charge is 0.383 e. The van der Waals surface area contributed by atoms with Crippen LogP contribution in [0.1, 0.15) is 12.0 Å². The molecule has 1 saturated heterocycles. The van der Waals surface area contributed by atoms with Gasteiger partial charge in [0.15, 0.2) is 0 Å². The number of rotatable bonds is 7. The van der Waals surface area contributed by atoms with Crippen molar-refractivity contribution in [3.63, 3.8) is 0 Å². The quantitative estimate of drug-likeness (QED) is 0.786. The van der Waals surface area contributed by atoms with Gasteiger partial charge in [-0.05, 0) is 30.5 Å². The molecule has 0 aromatic heterocycles. The number of hydrogen-bond acceptors (Lipinski definition) is 3. The second kappa shape index (κ2) is 7.36. The van der Waals surface area contributed by atoms with E-state index in [2.05, 4.69) is 5.32 Å². The predicted octanol–water partition coefficient (Wildman–Crippen LogP) is 2.66. The summed E-state index contributed by atoms with van der Waals surface area (Å²) in [5.41, 5.74) is 1.000. The average molecular weight is 302 g/mol. The second-order valence-electron chi connectivity index (χ2n) is 5.40. The summed E-state index contributed by atoms with van der Waals surface area (Å²) in [6.45, 7) is 3.82. The maximum atomic E-state index is 13.5. The summed E-state index contributed by atoms with van der Waals surface area (Å²) in [7, 11) is 1.69. The Bertz CT molecular complexity index is 436. The number of halogens is 2. The molecule has 20 heavy (non-hydrogen) atoms. The van der Waals surface area contributed by atoms with Crippen molar-refractivity contribution in [2.45, 2.75) is 12.8 Å². The Kier molecular flexibility index (Phi) is 5.78. The Hall–Kier alpha value is -0.680. The molecule has 0 bridgehead atoms. The van der Waals surface area contributed by atoms with Crippen LogP contribution in [0.2, 0.25) is 5.02 Å². The molecule has 1 heterocycles. The summed E-state index contributed by atoms with van der Waals surface area (Å²) in [6.07, 6.45) is 1.78. The molecule has 0 amide bonds. The molecule has 1 fully saturated rings. The summed E-state index contributed by atoms with van der Waals surface area (Å²) in [4.78, 5) is 0. The van der Waals surface area contributed by atoms with E-state index in [0.717, 1.165) is 38.1 Å². The third-order valence-electron chi connectivity index (χ3n) is 3.73. The minimum absolute atomic E-state index is 0.0357. The van der Waals surface area contributed by atoms with E-state index in [1.165, 1.54) is 6.07 Å². The van der Waals surface area contributed by atoms with Crippen LogP contribution in [0.5, 0.6) is 0 Å². The van der Waals surface area contributed by atoms with Gasteiger partial charge >= 0.3 is 0 Å². The zero-order chi connectivity index (χ0) is 14.4. The summed E-state index contributed by atoms with van der Waals surface area (Å²) in [5, 5.41) is 3.56. The maximum Gasteiger partial charge on any atom is 0.142 e. The zero-order valence-corrected chi connectivity index (χ0v) is 12.5. The normalized spacial score (nSPS) is 22.4.